The van der Waals surface area contributed by atoms with Crippen molar-refractivity contribution in [1.29, 1.82) is 0 Å². The number of furan rings is 1. The van der Waals surface area contributed by atoms with Gasteiger partial charge in [-0.2, -0.15) is 4.31 Å². The monoisotopic (exact) mass is 307 g/mol. The van der Waals surface area contributed by atoms with Crippen LogP contribution in [0.3, 0.4) is 0 Å². The van der Waals surface area contributed by atoms with E-state index in [1.165, 1.54) is 4.31 Å². The van der Waals surface area contributed by atoms with Crippen molar-refractivity contribution in [2.75, 3.05) is 26.3 Å². The van der Waals surface area contributed by atoms with Gasteiger partial charge in [0.25, 0.3) is 0 Å². The van der Waals surface area contributed by atoms with Crippen molar-refractivity contribution in [1.82, 2.24) is 4.31 Å². The highest BCUT2D eigenvalue weighted by atomic mass is 32.2. The van der Waals surface area contributed by atoms with Gasteiger partial charge in [0.15, 0.2) is 0 Å². The van der Waals surface area contributed by atoms with E-state index >= 15 is 0 Å². The van der Waals surface area contributed by atoms with Crippen molar-refractivity contribution in [3.8, 4) is 11.3 Å². The smallest absolute Gasteiger partial charge is 0.243 e. The van der Waals surface area contributed by atoms with Crippen LogP contribution in [0.15, 0.2) is 45.9 Å². The third-order valence-electron chi connectivity index (χ3n) is 3.58. The Morgan fingerprint density at radius 2 is 1.90 bits per heavy atom. The molecule has 0 bridgehead atoms. The molecule has 112 valence electrons. The molecule has 0 atom stereocenters. The number of hydrogen-bond acceptors (Lipinski definition) is 4. The van der Waals surface area contributed by atoms with Crippen LogP contribution in [0.1, 0.15) is 5.56 Å². The summed E-state index contributed by atoms with van der Waals surface area (Å²) in [6, 6.07) is 8.96. The maximum absolute atomic E-state index is 12.8. The number of benzene rings is 1. The molecular weight excluding hydrogens is 290 g/mol. The van der Waals surface area contributed by atoms with Crippen LogP contribution >= 0.6 is 0 Å². The van der Waals surface area contributed by atoms with E-state index in [0.29, 0.717) is 37.0 Å². The lowest BCUT2D eigenvalue weighted by molar-refractivity contribution is 0.0730. The number of aryl methyl sites for hydroxylation is 1. The molecule has 1 aliphatic heterocycles. The Balaban J connectivity index is 2.02. The number of morpholine rings is 1. The molecule has 3 rings (SSSR count). The van der Waals surface area contributed by atoms with Gasteiger partial charge in [-0.3, -0.25) is 0 Å². The van der Waals surface area contributed by atoms with Gasteiger partial charge in [-0.1, -0.05) is 12.1 Å². The minimum Gasteiger partial charge on any atom is -0.464 e. The lowest BCUT2D eigenvalue weighted by Gasteiger charge is -2.26. The minimum absolute atomic E-state index is 0.332. The maximum Gasteiger partial charge on any atom is 0.243 e. The second-order valence-corrected chi connectivity index (χ2v) is 6.88. The molecule has 0 N–H and O–H groups in total. The Morgan fingerprint density at radius 3 is 2.57 bits per heavy atom. The zero-order chi connectivity index (χ0) is 14.9. The number of rotatable bonds is 3. The van der Waals surface area contributed by atoms with Crippen LogP contribution in [0.25, 0.3) is 11.3 Å². The number of sulfonamides is 1. The zero-order valence-electron chi connectivity index (χ0n) is 11.8. The predicted octanol–water partition coefficient (Wildman–Crippen LogP) is 2.28. The Bertz CT molecular complexity index is 716. The molecule has 0 aliphatic carbocycles. The molecule has 0 amide bonds. The summed E-state index contributed by atoms with van der Waals surface area (Å²) in [7, 11) is -3.49. The lowest BCUT2D eigenvalue weighted by Crippen LogP contribution is -2.40. The van der Waals surface area contributed by atoms with E-state index < -0.39 is 10.0 Å². The summed E-state index contributed by atoms with van der Waals surface area (Å²) < 4.78 is 37.6. The highest BCUT2D eigenvalue weighted by Gasteiger charge is 2.28. The zero-order valence-corrected chi connectivity index (χ0v) is 12.6. The molecule has 1 fully saturated rings. The van der Waals surface area contributed by atoms with E-state index in [1.54, 1.807) is 25.3 Å². The van der Waals surface area contributed by atoms with Crippen molar-refractivity contribution in [2.24, 2.45) is 0 Å². The standard InChI is InChI=1S/C15H17NO4S/c1-12-4-5-13(14-3-2-8-20-14)11-15(12)21(17,18)16-6-9-19-10-7-16/h2-5,8,11H,6-7,9-10H2,1H3. The quantitative estimate of drug-likeness (QED) is 0.873. The summed E-state index contributed by atoms with van der Waals surface area (Å²) in [5.41, 5.74) is 1.49. The van der Waals surface area contributed by atoms with E-state index in [9.17, 15) is 8.42 Å². The van der Waals surface area contributed by atoms with Crippen molar-refractivity contribution < 1.29 is 17.6 Å². The van der Waals surface area contributed by atoms with E-state index in [1.807, 2.05) is 18.2 Å². The van der Waals surface area contributed by atoms with Crippen molar-refractivity contribution >= 4 is 10.0 Å². The van der Waals surface area contributed by atoms with E-state index in [4.69, 9.17) is 9.15 Å². The third kappa shape index (κ3) is 2.74. The Labute approximate surface area is 124 Å². The molecule has 2 aromatic rings. The van der Waals surface area contributed by atoms with Crippen LogP contribution in [-0.2, 0) is 14.8 Å². The molecule has 5 nitrogen and oxygen atoms in total. The summed E-state index contributed by atoms with van der Waals surface area (Å²) in [6.45, 7) is 3.48. The predicted molar refractivity (Wildman–Crippen MR) is 78.5 cm³/mol. The molecule has 21 heavy (non-hydrogen) atoms. The molecular formula is C15H17NO4S. The fraction of sp³-hybridized carbons (Fsp3) is 0.333. The van der Waals surface area contributed by atoms with Gasteiger partial charge in [0.05, 0.1) is 24.4 Å². The summed E-state index contributed by atoms with van der Waals surface area (Å²) in [6.07, 6.45) is 1.57. The Kier molecular flexibility index (Phi) is 3.84. The van der Waals surface area contributed by atoms with Crippen molar-refractivity contribution in [3.63, 3.8) is 0 Å². The average Bonchev–Trinajstić information content (AvgIpc) is 3.03. The molecule has 0 unspecified atom stereocenters. The first-order valence-electron chi connectivity index (χ1n) is 6.81. The van der Waals surface area contributed by atoms with Gasteiger partial charge in [-0.25, -0.2) is 8.42 Å². The molecule has 6 heteroatoms. The maximum atomic E-state index is 12.8. The second-order valence-electron chi connectivity index (χ2n) is 4.97. The molecule has 1 aromatic heterocycles. The Morgan fingerprint density at radius 1 is 1.14 bits per heavy atom. The summed E-state index contributed by atoms with van der Waals surface area (Å²) in [4.78, 5) is 0.332. The minimum atomic E-state index is -3.49. The second kappa shape index (κ2) is 5.63. The normalized spacial score (nSPS) is 17.0. The summed E-state index contributed by atoms with van der Waals surface area (Å²) >= 11 is 0. The van der Waals surface area contributed by atoms with Crippen LogP contribution in [0, 0.1) is 6.92 Å². The van der Waals surface area contributed by atoms with Gasteiger partial charge in [0.2, 0.25) is 10.0 Å². The molecule has 0 spiro atoms. The SMILES string of the molecule is Cc1ccc(-c2ccco2)cc1S(=O)(=O)N1CCOCC1. The molecule has 0 saturated carbocycles. The van der Waals surface area contributed by atoms with Gasteiger partial charge >= 0.3 is 0 Å². The molecule has 1 aliphatic rings. The topological polar surface area (TPSA) is 59.8 Å². The summed E-state index contributed by atoms with van der Waals surface area (Å²) in [5, 5.41) is 0. The fourth-order valence-corrected chi connectivity index (χ4v) is 4.06. The van der Waals surface area contributed by atoms with Gasteiger partial charge in [0, 0.05) is 18.7 Å². The lowest BCUT2D eigenvalue weighted by atomic mass is 10.1. The first-order chi connectivity index (χ1) is 10.1. The van der Waals surface area contributed by atoms with Crippen LogP contribution in [-0.4, -0.2) is 39.0 Å². The summed E-state index contributed by atoms with van der Waals surface area (Å²) in [5.74, 6) is 0.661. The van der Waals surface area contributed by atoms with Crippen LogP contribution in [0.5, 0.6) is 0 Å². The van der Waals surface area contributed by atoms with E-state index in [-0.39, 0.29) is 0 Å². The van der Waals surface area contributed by atoms with Crippen molar-refractivity contribution in [2.45, 2.75) is 11.8 Å². The molecule has 0 radical (unpaired) electrons. The highest BCUT2D eigenvalue weighted by molar-refractivity contribution is 7.89. The third-order valence-corrected chi connectivity index (χ3v) is 5.62. The van der Waals surface area contributed by atoms with Gasteiger partial charge in [-0.15, -0.1) is 0 Å². The molecule has 1 aromatic carbocycles. The number of ether oxygens (including phenoxy) is 1. The van der Waals surface area contributed by atoms with Gasteiger partial charge < -0.3 is 9.15 Å². The number of hydrogen-bond donors (Lipinski definition) is 0. The van der Waals surface area contributed by atoms with E-state index in [0.717, 1.165) is 11.1 Å². The largest absolute Gasteiger partial charge is 0.464 e. The van der Waals surface area contributed by atoms with Crippen molar-refractivity contribution in [3.05, 3.63) is 42.2 Å². The first kappa shape index (κ1) is 14.3. The van der Waals surface area contributed by atoms with Gasteiger partial charge in [0.1, 0.15) is 5.76 Å². The van der Waals surface area contributed by atoms with E-state index in [2.05, 4.69) is 0 Å². The fourth-order valence-electron chi connectivity index (χ4n) is 2.40. The van der Waals surface area contributed by atoms with Gasteiger partial charge in [-0.05, 0) is 30.7 Å². The first-order valence-corrected chi connectivity index (χ1v) is 8.25. The molecule has 2 heterocycles. The van der Waals surface area contributed by atoms with Crippen LogP contribution in [0.4, 0.5) is 0 Å². The highest BCUT2D eigenvalue weighted by Crippen LogP contribution is 2.27. The molecule has 1 saturated heterocycles. The van der Waals surface area contributed by atoms with Crippen LogP contribution < -0.4 is 0 Å². The average molecular weight is 307 g/mol. The number of nitrogens with zero attached hydrogens (tertiary/aromatic N) is 1. The Hall–Kier alpha value is -1.63. The van der Waals surface area contributed by atoms with Crippen LogP contribution in [0.2, 0.25) is 0 Å².